The maximum atomic E-state index is 12.5. The van der Waals surface area contributed by atoms with E-state index < -0.39 is 0 Å². The van der Waals surface area contributed by atoms with Crippen LogP contribution in [0.1, 0.15) is 16.1 Å². The Labute approximate surface area is 122 Å². The van der Waals surface area contributed by atoms with E-state index in [4.69, 9.17) is 4.74 Å². The number of H-pyrrole nitrogens is 1. The van der Waals surface area contributed by atoms with Crippen LogP contribution in [0.25, 0.3) is 10.9 Å². The van der Waals surface area contributed by atoms with Crippen LogP contribution in [-0.2, 0) is 0 Å². The van der Waals surface area contributed by atoms with E-state index in [0.717, 1.165) is 16.5 Å². The number of rotatable bonds is 3. The zero-order valence-electron chi connectivity index (χ0n) is 11.9. The molecule has 1 heterocycles. The average Bonchev–Trinajstić information content (AvgIpc) is 2.85. The summed E-state index contributed by atoms with van der Waals surface area (Å²) in [6.07, 6.45) is 0. The summed E-state index contributed by atoms with van der Waals surface area (Å²) in [5.74, 6) is 0.466. The van der Waals surface area contributed by atoms with Gasteiger partial charge in [0.25, 0.3) is 5.91 Å². The van der Waals surface area contributed by atoms with E-state index in [1.54, 1.807) is 7.11 Å². The number of hydrogen-bond donors (Lipinski definition) is 2. The quantitative estimate of drug-likeness (QED) is 0.768. The molecule has 2 N–H and O–H groups in total. The number of methoxy groups -OCH3 is 1. The molecule has 1 amide bonds. The Hall–Kier alpha value is -2.75. The predicted molar refractivity (Wildman–Crippen MR) is 84.0 cm³/mol. The standard InChI is InChI=1S/C17H16N2O2/c1-11-12-7-3-4-8-13(12)18-16(11)17(20)19-14-9-5-6-10-15(14)21-2/h3-10,18H,1-2H3,(H,19,20). The number of aromatic nitrogens is 1. The van der Waals surface area contributed by atoms with Crippen molar-refractivity contribution in [3.63, 3.8) is 0 Å². The molecule has 2 aromatic carbocycles. The number of para-hydroxylation sites is 3. The first-order chi connectivity index (χ1) is 10.2. The second kappa shape index (κ2) is 5.32. The molecule has 0 fully saturated rings. The maximum Gasteiger partial charge on any atom is 0.272 e. The third kappa shape index (κ3) is 2.36. The van der Waals surface area contributed by atoms with Gasteiger partial charge in [-0.15, -0.1) is 0 Å². The van der Waals surface area contributed by atoms with Gasteiger partial charge in [0.15, 0.2) is 0 Å². The first-order valence-electron chi connectivity index (χ1n) is 6.72. The Morgan fingerprint density at radius 3 is 2.57 bits per heavy atom. The third-order valence-corrected chi connectivity index (χ3v) is 3.55. The maximum absolute atomic E-state index is 12.5. The number of hydrogen-bond acceptors (Lipinski definition) is 2. The minimum Gasteiger partial charge on any atom is -0.495 e. The number of ether oxygens (including phenoxy) is 1. The first-order valence-corrected chi connectivity index (χ1v) is 6.72. The fraction of sp³-hybridized carbons (Fsp3) is 0.118. The van der Waals surface area contributed by atoms with Crippen LogP contribution >= 0.6 is 0 Å². The van der Waals surface area contributed by atoms with E-state index in [0.29, 0.717) is 17.1 Å². The summed E-state index contributed by atoms with van der Waals surface area (Å²) in [7, 11) is 1.58. The summed E-state index contributed by atoms with van der Waals surface area (Å²) in [5.41, 5.74) is 3.13. The molecule has 21 heavy (non-hydrogen) atoms. The zero-order chi connectivity index (χ0) is 14.8. The van der Waals surface area contributed by atoms with E-state index in [1.165, 1.54) is 0 Å². The Balaban J connectivity index is 1.96. The van der Waals surface area contributed by atoms with Crippen molar-refractivity contribution in [1.29, 1.82) is 0 Å². The highest BCUT2D eigenvalue weighted by molar-refractivity contribution is 6.08. The van der Waals surface area contributed by atoms with E-state index in [2.05, 4.69) is 10.3 Å². The van der Waals surface area contributed by atoms with Gasteiger partial charge in [-0.3, -0.25) is 4.79 Å². The van der Waals surface area contributed by atoms with Gasteiger partial charge in [-0.05, 0) is 30.7 Å². The first kappa shape index (κ1) is 13.2. The molecule has 0 aliphatic heterocycles. The van der Waals surface area contributed by atoms with Crippen LogP contribution < -0.4 is 10.1 Å². The molecule has 0 aliphatic rings. The topological polar surface area (TPSA) is 54.1 Å². The number of aromatic amines is 1. The monoisotopic (exact) mass is 280 g/mol. The molecule has 1 aromatic heterocycles. The van der Waals surface area contributed by atoms with Crippen molar-refractivity contribution in [2.75, 3.05) is 12.4 Å². The molecule has 3 aromatic rings. The molecule has 0 aliphatic carbocycles. The molecule has 0 radical (unpaired) electrons. The lowest BCUT2D eigenvalue weighted by molar-refractivity contribution is 0.102. The van der Waals surface area contributed by atoms with Gasteiger partial charge in [0.05, 0.1) is 12.8 Å². The Morgan fingerprint density at radius 1 is 1.10 bits per heavy atom. The van der Waals surface area contributed by atoms with Crippen molar-refractivity contribution in [2.24, 2.45) is 0 Å². The summed E-state index contributed by atoms with van der Waals surface area (Å²) in [5, 5.41) is 3.94. The number of amides is 1. The number of fused-ring (bicyclic) bond motifs is 1. The van der Waals surface area contributed by atoms with Crippen LogP contribution in [0.15, 0.2) is 48.5 Å². The summed E-state index contributed by atoms with van der Waals surface area (Å²) in [6.45, 7) is 1.94. The van der Waals surface area contributed by atoms with Gasteiger partial charge in [-0.2, -0.15) is 0 Å². The minimum atomic E-state index is -0.173. The van der Waals surface area contributed by atoms with E-state index in [-0.39, 0.29) is 5.91 Å². The molecule has 106 valence electrons. The fourth-order valence-corrected chi connectivity index (χ4v) is 2.44. The van der Waals surface area contributed by atoms with Gasteiger partial charge < -0.3 is 15.0 Å². The number of nitrogens with one attached hydrogen (secondary N) is 2. The summed E-state index contributed by atoms with van der Waals surface area (Å²) >= 11 is 0. The number of carbonyl (C=O) groups excluding carboxylic acids is 1. The lowest BCUT2D eigenvalue weighted by atomic mass is 10.1. The number of benzene rings is 2. The van der Waals surface area contributed by atoms with Gasteiger partial charge in [0.2, 0.25) is 0 Å². The Bertz CT molecular complexity index is 805. The second-order valence-corrected chi connectivity index (χ2v) is 4.82. The molecule has 0 saturated carbocycles. The van der Waals surface area contributed by atoms with Gasteiger partial charge in [-0.1, -0.05) is 30.3 Å². The predicted octanol–water partition coefficient (Wildman–Crippen LogP) is 3.74. The molecule has 0 unspecified atom stereocenters. The fourth-order valence-electron chi connectivity index (χ4n) is 2.44. The van der Waals surface area contributed by atoms with Crippen molar-refractivity contribution in [3.8, 4) is 5.75 Å². The summed E-state index contributed by atoms with van der Waals surface area (Å²) < 4.78 is 5.25. The van der Waals surface area contributed by atoms with E-state index >= 15 is 0 Å². The average molecular weight is 280 g/mol. The molecule has 0 atom stereocenters. The van der Waals surface area contributed by atoms with Gasteiger partial charge in [0, 0.05) is 10.9 Å². The SMILES string of the molecule is COc1ccccc1NC(=O)c1[nH]c2ccccc2c1C. The molecule has 0 saturated heterocycles. The molecule has 3 rings (SSSR count). The highest BCUT2D eigenvalue weighted by Gasteiger charge is 2.15. The van der Waals surface area contributed by atoms with Crippen molar-refractivity contribution in [3.05, 3.63) is 59.8 Å². The molecule has 4 nitrogen and oxygen atoms in total. The summed E-state index contributed by atoms with van der Waals surface area (Å²) in [4.78, 5) is 15.6. The lowest BCUT2D eigenvalue weighted by Gasteiger charge is -2.09. The van der Waals surface area contributed by atoms with Crippen LogP contribution in [0.2, 0.25) is 0 Å². The molecular formula is C17H16N2O2. The van der Waals surface area contributed by atoms with Crippen LogP contribution in [0.5, 0.6) is 5.75 Å². The van der Waals surface area contributed by atoms with Crippen molar-refractivity contribution < 1.29 is 9.53 Å². The highest BCUT2D eigenvalue weighted by atomic mass is 16.5. The summed E-state index contributed by atoms with van der Waals surface area (Å²) in [6, 6.07) is 15.2. The van der Waals surface area contributed by atoms with Crippen molar-refractivity contribution in [2.45, 2.75) is 6.92 Å². The van der Waals surface area contributed by atoms with Gasteiger partial charge in [0.1, 0.15) is 11.4 Å². The van der Waals surface area contributed by atoms with Gasteiger partial charge in [-0.25, -0.2) is 0 Å². The van der Waals surface area contributed by atoms with Crippen LogP contribution in [0.3, 0.4) is 0 Å². The normalized spacial score (nSPS) is 10.6. The molecule has 0 spiro atoms. The van der Waals surface area contributed by atoms with Crippen molar-refractivity contribution >= 4 is 22.5 Å². The Morgan fingerprint density at radius 2 is 1.81 bits per heavy atom. The third-order valence-electron chi connectivity index (χ3n) is 3.55. The minimum absolute atomic E-state index is 0.173. The molecule has 0 bridgehead atoms. The smallest absolute Gasteiger partial charge is 0.272 e. The van der Waals surface area contributed by atoms with Crippen molar-refractivity contribution in [1.82, 2.24) is 4.98 Å². The molecular weight excluding hydrogens is 264 g/mol. The Kier molecular flexibility index (Phi) is 3.36. The lowest BCUT2D eigenvalue weighted by Crippen LogP contribution is -2.14. The zero-order valence-corrected chi connectivity index (χ0v) is 11.9. The van der Waals surface area contributed by atoms with E-state index in [1.807, 2.05) is 55.5 Å². The largest absolute Gasteiger partial charge is 0.495 e. The van der Waals surface area contributed by atoms with Gasteiger partial charge >= 0.3 is 0 Å². The van der Waals surface area contributed by atoms with Crippen LogP contribution in [0, 0.1) is 6.92 Å². The van der Waals surface area contributed by atoms with E-state index in [9.17, 15) is 4.79 Å². The number of anilines is 1. The molecule has 4 heteroatoms. The number of aryl methyl sites for hydroxylation is 1. The number of carbonyl (C=O) groups is 1. The highest BCUT2D eigenvalue weighted by Crippen LogP contribution is 2.26. The second-order valence-electron chi connectivity index (χ2n) is 4.82. The van der Waals surface area contributed by atoms with Crippen LogP contribution in [-0.4, -0.2) is 18.0 Å². The van der Waals surface area contributed by atoms with Crippen LogP contribution in [0.4, 0.5) is 5.69 Å².